The van der Waals surface area contributed by atoms with Crippen molar-refractivity contribution in [3.63, 3.8) is 0 Å². The molecule has 2 fully saturated rings. The summed E-state index contributed by atoms with van der Waals surface area (Å²) in [5.74, 6) is -6.00. The number of Topliss-reactive ketones (excluding diaryl/α,β-unsaturated/α-hetero) is 1. The number of carbonyl (C=O) groups excluding carboxylic acids is 10. The number of carbonyl (C=O) groups is 10. The molecule has 6 rings (SSSR count). The molecular formula is C35H33N5O12. The molecule has 0 saturated carbocycles. The van der Waals surface area contributed by atoms with Crippen molar-refractivity contribution < 1.29 is 57.4 Å². The van der Waals surface area contributed by atoms with Gasteiger partial charge in [-0.25, -0.2) is 0 Å². The van der Waals surface area contributed by atoms with Gasteiger partial charge in [-0.3, -0.25) is 68.4 Å². The van der Waals surface area contributed by atoms with E-state index in [1.54, 1.807) is 0 Å². The van der Waals surface area contributed by atoms with E-state index in [-0.39, 0.29) is 84.8 Å². The van der Waals surface area contributed by atoms with Gasteiger partial charge in [0.05, 0.1) is 22.3 Å². The second-order valence-corrected chi connectivity index (χ2v) is 12.5. The van der Waals surface area contributed by atoms with E-state index in [2.05, 4.69) is 16.0 Å². The number of rotatable bonds is 14. The molecule has 2 aromatic rings. The Morgan fingerprint density at radius 3 is 1.65 bits per heavy atom. The van der Waals surface area contributed by atoms with Gasteiger partial charge in [-0.05, 0) is 49.9 Å². The van der Waals surface area contributed by atoms with Crippen molar-refractivity contribution in [1.82, 2.24) is 25.8 Å². The smallest absolute Gasteiger partial charge is 0.266 e. The maximum Gasteiger partial charge on any atom is 0.266 e. The Hall–Kier alpha value is -6.26. The normalized spacial score (nSPS) is 19.7. The molecule has 0 spiro atoms. The van der Waals surface area contributed by atoms with Crippen molar-refractivity contribution in [1.29, 1.82) is 0 Å². The van der Waals surface area contributed by atoms with Gasteiger partial charge in [-0.15, -0.1) is 0 Å². The van der Waals surface area contributed by atoms with Gasteiger partial charge in [0.1, 0.15) is 30.2 Å². The minimum Gasteiger partial charge on any atom is -0.485 e. The van der Waals surface area contributed by atoms with Crippen LogP contribution in [0.15, 0.2) is 36.4 Å². The molecule has 2 saturated heterocycles. The third kappa shape index (κ3) is 7.01. The molecule has 2 atom stereocenters. The van der Waals surface area contributed by atoms with Crippen molar-refractivity contribution in [2.24, 2.45) is 0 Å². The van der Waals surface area contributed by atoms with Crippen LogP contribution in [0.25, 0.3) is 0 Å². The lowest BCUT2D eigenvalue weighted by molar-refractivity contribution is -0.137. The minimum absolute atomic E-state index is 0.00425. The first-order valence-electron chi connectivity index (χ1n) is 16.7. The summed E-state index contributed by atoms with van der Waals surface area (Å²) in [6.07, 6.45) is 1.75. The summed E-state index contributed by atoms with van der Waals surface area (Å²) in [6.45, 7) is -0.530. The Morgan fingerprint density at radius 1 is 0.654 bits per heavy atom. The molecule has 4 aliphatic heterocycles. The molecule has 17 nitrogen and oxygen atoms in total. The van der Waals surface area contributed by atoms with Crippen molar-refractivity contribution in [3.05, 3.63) is 58.7 Å². The summed E-state index contributed by atoms with van der Waals surface area (Å²) in [4.78, 5) is 127. The van der Waals surface area contributed by atoms with Gasteiger partial charge in [-0.2, -0.15) is 0 Å². The molecule has 9 amide bonds. The van der Waals surface area contributed by atoms with E-state index in [9.17, 15) is 47.9 Å². The third-order valence-electron chi connectivity index (χ3n) is 9.06. The number of amides is 9. The maximum absolute atomic E-state index is 13.2. The lowest BCUT2D eigenvalue weighted by Gasteiger charge is -2.27. The fourth-order valence-corrected chi connectivity index (χ4v) is 6.48. The highest BCUT2D eigenvalue weighted by Crippen LogP contribution is 2.35. The van der Waals surface area contributed by atoms with Crippen LogP contribution in [0.4, 0.5) is 0 Å². The summed E-state index contributed by atoms with van der Waals surface area (Å²) in [7, 11) is 0. The summed E-state index contributed by atoms with van der Waals surface area (Å²) >= 11 is 0. The molecule has 2 aromatic carbocycles. The number of ether oxygens (including phenoxy) is 2. The number of nitrogens with zero attached hydrogens (tertiary/aromatic N) is 2. The molecule has 270 valence electrons. The van der Waals surface area contributed by atoms with Crippen LogP contribution in [0.2, 0.25) is 0 Å². The lowest BCUT2D eigenvalue weighted by Crippen LogP contribution is -2.54. The summed E-state index contributed by atoms with van der Waals surface area (Å²) < 4.78 is 11.2. The van der Waals surface area contributed by atoms with Crippen LogP contribution in [0.1, 0.15) is 92.8 Å². The predicted octanol–water partition coefficient (Wildman–Crippen LogP) is 0.193. The Balaban J connectivity index is 0.906. The molecular weight excluding hydrogens is 682 g/mol. The van der Waals surface area contributed by atoms with E-state index in [4.69, 9.17) is 9.47 Å². The van der Waals surface area contributed by atoms with E-state index in [0.29, 0.717) is 19.3 Å². The standard InChI is InChI=1S/C35H33N5O12/c41-18(16-51-23-9-4-7-19-28(23)34(49)39(32(19)47)21-11-13-25(42)37-30(21)45)6-2-1-3-15-36-27(44)17-52-24-10-5-8-20-29(24)35(50)40(33(20)48)22-12-14-26(43)38-31(22)46/h4-5,7-10,21-22H,1-3,6,11-17H2,(H,36,44)(H,37,42,45)(H,38,43,46). The van der Waals surface area contributed by atoms with E-state index in [0.717, 1.165) is 9.80 Å². The zero-order chi connectivity index (χ0) is 37.1. The zero-order valence-electron chi connectivity index (χ0n) is 27.7. The van der Waals surface area contributed by atoms with Crippen molar-refractivity contribution in [3.8, 4) is 11.5 Å². The Labute approximate surface area is 295 Å². The number of hydrogen-bond acceptors (Lipinski definition) is 12. The average Bonchev–Trinajstić information content (AvgIpc) is 3.52. The summed E-state index contributed by atoms with van der Waals surface area (Å²) in [6, 6.07) is 6.47. The van der Waals surface area contributed by atoms with Crippen LogP contribution in [-0.2, 0) is 28.8 Å². The second-order valence-electron chi connectivity index (χ2n) is 12.5. The van der Waals surface area contributed by atoms with E-state index in [1.807, 2.05) is 0 Å². The van der Waals surface area contributed by atoms with Gasteiger partial charge >= 0.3 is 0 Å². The Morgan fingerprint density at radius 2 is 1.15 bits per heavy atom. The van der Waals surface area contributed by atoms with Crippen molar-refractivity contribution in [2.45, 2.75) is 63.5 Å². The van der Waals surface area contributed by atoms with Gasteiger partial charge in [0.2, 0.25) is 23.6 Å². The second kappa shape index (κ2) is 14.9. The summed E-state index contributed by atoms with van der Waals surface area (Å²) in [5, 5.41) is 6.95. The van der Waals surface area contributed by atoms with Crippen LogP contribution >= 0.6 is 0 Å². The molecule has 4 aliphatic rings. The number of imide groups is 4. The highest BCUT2D eigenvalue weighted by atomic mass is 16.5. The lowest BCUT2D eigenvalue weighted by atomic mass is 10.0. The van der Waals surface area contributed by atoms with Crippen molar-refractivity contribution >= 4 is 58.9 Å². The van der Waals surface area contributed by atoms with E-state index < -0.39 is 71.9 Å². The molecule has 0 aliphatic carbocycles. The first kappa shape index (κ1) is 35.6. The number of fused-ring (bicyclic) bond motifs is 2. The quantitative estimate of drug-likeness (QED) is 0.176. The zero-order valence-corrected chi connectivity index (χ0v) is 27.7. The maximum atomic E-state index is 13.2. The largest absolute Gasteiger partial charge is 0.485 e. The van der Waals surface area contributed by atoms with Crippen molar-refractivity contribution in [2.75, 3.05) is 19.8 Å². The number of benzene rings is 2. The van der Waals surface area contributed by atoms with Gasteiger partial charge in [0.15, 0.2) is 12.4 Å². The van der Waals surface area contributed by atoms with Gasteiger partial charge in [-0.1, -0.05) is 18.6 Å². The third-order valence-corrected chi connectivity index (χ3v) is 9.06. The number of piperidine rings is 2. The molecule has 0 radical (unpaired) electrons. The van der Waals surface area contributed by atoms with Crippen LogP contribution in [0.5, 0.6) is 11.5 Å². The highest BCUT2D eigenvalue weighted by molar-refractivity contribution is 6.25. The fraction of sp³-hybridized carbons (Fsp3) is 0.371. The number of nitrogens with one attached hydrogen (secondary N) is 3. The van der Waals surface area contributed by atoms with Crippen LogP contribution in [0.3, 0.4) is 0 Å². The van der Waals surface area contributed by atoms with Gasteiger partial charge in [0.25, 0.3) is 29.5 Å². The average molecular weight is 716 g/mol. The molecule has 0 aromatic heterocycles. The number of unbranched alkanes of at least 4 members (excludes halogenated alkanes) is 2. The summed E-state index contributed by atoms with van der Waals surface area (Å²) in [5.41, 5.74) is -0.0414. The number of ketones is 1. The molecule has 0 bridgehead atoms. The van der Waals surface area contributed by atoms with Gasteiger partial charge < -0.3 is 14.8 Å². The molecule has 4 heterocycles. The molecule has 17 heteroatoms. The predicted molar refractivity (Wildman–Crippen MR) is 174 cm³/mol. The fourth-order valence-electron chi connectivity index (χ4n) is 6.48. The van der Waals surface area contributed by atoms with E-state index >= 15 is 0 Å². The molecule has 3 N–H and O–H groups in total. The SMILES string of the molecule is O=C(CCCCCNC(=O)COc1cccc2c1C(=O)N(C1CCC(=O)NC1=O)C2=O)COc1cccc2c1C(=O)N(C1CCC(=O)NC1=O)C2=O. The Bertz CT molecular complexity index is 1800. The topological polar surface area (TPSA) is 232 Å². The van der Waals surface area contributed by atoms with Crippen LogP contribution < -0.4 is 25.4 Å². The highest BCUT2D eigenvalue weighted by Gasteiger charge is 2.47. The van der Waals surface area contributed by atoms with Gasteiger partial charge in [0, 0.05) is 25.8 Å². The first-order valence-corrected chi connectivity index (χ1v) is 16.7. The minimum atomic E-state index is -1.13. The van der Waals surface area contributed by atoms with Crippen LogP contribution in [-0.4, -0.2) is 101 Å². The molecule has 52 heavy (non-hydrogen) atoms. The molecule has 2 unspecified atom stereocenters. The number of hydrogen-bond donors (Lipinski definition) is 3. The Kier molecular flexibility index (Phi) is 10.2. The van der Waals surface area contributed by atoms with E-state index in [1.165, 1.54) is 36.4 Å². The first-order chi connectivity index (χ1) is 25.0. The monoisotopic (exact) mass is 715 g/mol. The van der Waals surface area contributed by atoms with Crippen LogP contribution in [0, 0.1) is 0 Å².